The molecule has 0 atom stereocenters. The van der Waals surface area contributed by atoms with Gasteiger partial charge in [-0.3, -0.25) is 14.6 Å². The van der Waals surface area contributed by atoms with E-state index in [0.29, 0.717) is 6.54 Å². The smallest absolute Gasteiger partial charge is 0.227 e. The number of carbonyl (C=O) groups is 2. The molecule has 0 radical (unpaired) electrons. The molecule has 0 aromatic carbocycles. The highest BCUT2D eigenvalue weighted by atomic mass is 16.2. The highest BCUT2D eigenvalue weighted by molar-refractivity contribution is 5.96. The first-order valence-electron chi connectivity index (χ1n) is 5.80. The maximum absolute atomic E-state index is 11.4. The molecule has 1 aromatic rings. The van der Waals surface area contributed by atoms with Crippen LogP contribution in [0, 0.1) is 0 Å². The van der Waals surface area contributed by atoms with Crippen LogP contribution < -0.4 is 5.32 Å². The fraction of sp³-hybridized carbons (Fsp3) is 0.462. The molecule has 1 aliphatic carbocycles. The largest absolute Gasteiger partial charge is 0.355 e. The van der Waals surface area contributed by atoms with Gasteiger partial charge in [0.1, 0.15) is 5.78 Å². The fourth-order valence-electron chi connectivity index (χ4n) is 1.91. The molecule has 90 valence electrons. The van der Waals surface area contributed by atoms with Gasteiger partial charge in [0.05, 0.1) is 6.42 Å². The van der Waals surface area contributed by atoms with Gasteiger partial charge in [-0.1, -0.05) is 6.07 Å². The average molecular weight is 232 g/mol. The van der Waals surface area contributed by atoms with Gasteiger partial charge in [-0.2, -0.15) is 0 Å². The van der Waals surface area contributed by atoms with Crippen molar-refractivity contribution < 1.29 is 9.59 Å². The second kappa shape index (κ2) is 4.65. The SMILES string of the molecule is CC(=O)CC(=O)NCC1(c2ccccn2)CC1. The molecule has 1 amide bonds. The summed E-state index contributed by atoms with van der Waals surface area (Å²) in [5, 5.41) is 2.82. The van der Waals surface area contributed by atoms with Crippen molar-refractivity contribution in [3.8, 4) is 0 Å². The molecule has 1 saturated carbocycles. The van der Waals surface area contributed by atoms with Crippen LogP contribution in [0.4, 0.5) is 0 Å². The van der Waals surface area contributed by atoms with Crippen LogP contribution in [-0.4, -0.2) is 23.2 Å². The number of hydrogen-bond acceptors (Lipinski definition) is 3. The Balaban J connectivity index is 1.91. The maximum Gasteiger partial charge on any atom is 0.227 e. The lowest BCUT2D eigenvalue weighted by Crippen LogP contribution is -2.33. The second-order valence-electron chi connectivity index (χ2n) is 4.65. The number of rotatable bonds is 5. The third-order valence-electron chi connectivity index (χ3n) is 3.10. The number of pyridine rings is 1. The first-order valence-corrected chi connectivity index (χ1v) is 5.80. The first kappa shape index (κ1) is 11.8. The molecule has 17 heavy (non-hydrogen) atoms. The van der Waals surface area contributed by atoms with Crippen LogP contribution in [0.3, 0.4) is 0 Å². The Morgan fingerprint density at radius 3 is 2.71 bits per heavy atom. The molecule has 0 bridgehead atoms. The Kier molecular flexibility index (Phi) is 3.22. The van der Waals surface area contributed by atoms with Crippen LogP contribution >= 0.6 is 0 Å². The van der Waals surface area contributed by atoms with Gasteiger partial charge < -0.3 is 5.32 Å². The lowest BCUT2D eigenvalue weighted by molar-refractivity contribution is -0.127. The molecule has 1 heterocycles. The summed E-state index contributed by atoms with van der Waals surface area (Å²) in [4.78, 5) is 26.5. The summed E-state index contributed by atoms with van der Waals surface area (Å²) in [7, 11) is 0. The summed E-state index contributed by atoms with van der Waals surface area (Å²) < 4.78 is 0. The van der Waals surface area contributed by atoms with Crippen LogP contribution in [-0.2, 0) is 15.0 Å². The highest BCUT2D eigenvalue weighted by Crippen LogP contribution is 2.46. The van der Waals surface area contributed by atoms with Crippen LogP contribution in [0.1, 0.15) is 31.9 Å². The molecule has 2 rings (SSSR count). The summed E-state index contributed by atoms with van der Waals surface area (Å²) in [6, 6.07) is 5.83. The Labute approximate surface area is 100 Å². The number of amides is 1. The summed E-state index contributed by atoms with van der Waals surface area (Å²) in [5.41, 5.74) is 1.04. The van der Waals surface area contributed by atoms with E-state index in [-0.39, 0.29) is 23.5 Å². The number of carbonyl (C=O) groups excluding carboxylic acids is 2. The van der Waals surface area contributed by atoms with Crippen molar-refractivity contribution in [2.24, 2.45) is 0 Å². The molecule has 1 aliphatic rings. The van der Waals surface area contributed by atoms with Crippen molar-refractivity contribution in [2.75, 3.05) is 6.54 Å². The minimum absolute atomic E-state index is 0.00765. The van der Waals surface area contributed by atoms with Gasteiger partial charge in [-0.25, -0.2) is 0 Å². The number of hydrogen-bond donors (Lipinski definition) is 1. The van der Waals surface area contributed by atoms with Gasteiger partial charge in [0.2, 0.25) is 5.91 Å². The fourth-order valence-corrected chi connectivity index (χ4v) is 1.91. The molecule has 0 aliphatic heterocycles. The van der Waals surface area contributed by atoms with Crippen LogP contribution in [0.25, 0.3) is 0 Å². The van der Waals surface area contributed by atoms with E-state index in [4.69, 9.17) is 0 Å². The van der Waals surface area contributed by atoms with E-state index in [0.717, 1.165) is 18.5 Å². The lowest BCUT2D eigenvalue weighted by Gasteiger charge is -2.15. The highest BCUT2D eigenvalue weighted by Gasteiger charge is 2.45. The zero-order valence-corrected chi connectivity index (χ0v) is 9.90. The van der Waals surface area contributed by atoms with Gasteiger partial charge in [0.25, 0.3) is 0 Å². The zero-order chi connectivity index (χ0) is 12.3. The van der Waals surface area contributed by atoms with E-state index >= 15 is 0 Å². The van der Waals surface area contributed by atoms with Crippen molar-refractivity contribution in [1.82, 2.24) is 10.3 Å². The first-order chi connectivity index (χ1) is 8.12. The summed E-state index contributed by atoms with van der Waals surface area (Å²) in [6.45, 7) is 2.00. The molecule has 0 unspecified atom stereocenters. The topological polar surface area (TPSA) is 59.1 Å². The molecule has 0 saturated heterocycles. The number of nitrogens with zero attached hydrogens (tertiary/aromatic N) is 1. The van der Waals surface area contributed by atoms with Gasteiger partial charge in [0.15, 0.2) is 0 Å². The molecule has 1 fully saturated rings. The Hall–Kier alpha value is -1.71. The molecular weight excluding hydrogens is 216 g/mol. The van der Waals surface area contributed by atoms with E-state index in [2.05, 4.69) is 10.3 Å². The van der Waals surface area contributed by atoms with E-state index < -0.39 is 0 Å². The van der Waals surface area contributed by atoms with Crippen molar-refractivity contribution in [2.45, 2.75) is 31.6 Å². The predicted octanol–water partition coefficient (Wildman–Crippen LogP) is 1.21. The van der Waals surface area contributed by atoms with E-state index in [1.165, 1.54) is 6.92 Å². The zero-order valence-electron chi connectivity index (χ0n) is 9.90. The molecule has 1 N–H and O–H groups in total. The third-order valence-corrected chi connectivity index (χ3v) is 3.10. The average Bonchev–Trinajstić information content (AvgIpc) is 3.08. The Bertz CT molecular complexity index is 424. The maximum atomic E-state index is 11.4. The molecule has 1 aromatic heterocycles. The standard InChI is InChI=1S/C13H16N2O2/c1-10(16)8-12(17)15-9-13(5-6-13)11-4-2-3-7-14-11/h2-4,7H,5-6,8-9H2,1H3,(H,15,17). The summed E-state index contributed by atoms with van der Waals surface area (Å²) in [5.74, 6) is -0.301. The predicted molar refractivity (Wildman–Crippen MR) is 63.5 cm³/mol. The van der Waals surface area contributed by atoms with Gasteiger partial charge >= 0.3 is 0 Å². The molecule has 4 heteroatoms. The number of Topliss-reactive ketones (excluding diaryl/α,β-unsaturated/α-hetero) is 1. The van der Waals surface area contributed by atoms with Gasteiger partial charge in [0, 0.05) is 23.9 Å². The van der Waals surface area contributed by atoms with Crippen molar-refractivity contribution in [1.29, 1.82) is 0 Å². The van der Waals surface area contributed by atoms with Crippen molar-refractivity contribution >= 4 is 11.7 Å². The summed E-state index contributed by atoms with van der Waals surface area (Å²) in [6.07, 6.45) is 3.83. The Morgan fingerprint density at radius 2 is 2.18 bits per heavy atom. The molecular formula is C13H16N2O2. The quantitative estimate of drug-likeness (QED) is 0.776. The summed E-state index contributed by atoms with van der Waals surface area (Å²) >= 11 is 0. The van der Waals surface area contributed by atoms with E-state index in [1.54, 1.807) is 6.20 Å². The van der Waals surface area contributed by atoms with Crippen LogP contribution in [0.5, 0.6) is 0 Å². The minimum Gasteiger partial charge on any atom is -0.355 e. The number of nitrogens with one attached hydrogen (secondary N) is 1. The lowest BCUT2D eigenvalue weighted by atomic mass is 10.0. The van der Waals surface area contributed by atoms with Gasteiger partial charge in [-0.05, 0) is 31.9 Å². The Morgan fingerprint density at radius 1 is 1.41 bits per heavy atom. The van der Waals surface area contributed by atoms with Crippen molar-refractivity contribution in [3.05, 3.63) is 30.1 Å². The minimum atomic E-state index is -0.195. The monoisotopic (exact) mass is 232 g/mol. The second-order valence-corrected chi connectivity index (χ2v) is 4.65. The van der Waals surface area contributed by atoms with Crippen molar-refractivity contribution in [3.63, 3.8) is 0 Å². The van der Waals surface area contributed by atoms with Crippen LogP contribution in [0.2, 0.25) is 0 Å². The molecule has 4 nitrogen and oxygen atoms in total. The number of aromatic nitrogens is 1. The van der Waals surface area contributed by atoms with E-state index in [1.807, 2.05) is 18.2 Å². The van der Waals surface area contributed by atoms with E-state index in [9.17, 15) is 9.59 Å². The normalized spacial score (nSPS) is 16.3. The van der Waals surface area contributed by atoms with Crippen LogP contribution in [0.15, 0.2) is 24.4 Å². The van der Waals surface area contributed by atoms with Gasteiger partial charge in [-0.15, -0.1) is 0 Å². The molecule has 0 spiro atoms. The third kappa shape index (κ3) is 2.90. The number of ketones is 1.